The number of fused-ring (bicyclic) bond motifs is 1. The monoisotopic (exact) mass is 1470 g/mol. The number of aliphatic hydroxyl groups is 22. The Morgan fingerprint density at radius 2 is 0.620 bits per heavy atom. The Morgan fingerprint density at radius 3 is 0.850 bits per heavy atom. The molecule has 0 radical (unpaired) electrons. The lowest BCUT2D eigenvalue weighted by Crippen LogP contribution is -2.68. The van der Waals surface area contributed by atoms with Crippen LogP contribution in [0.5, 0.6) is 0 Å². The summed E-state index contributed by atoms with van der Waals surface area (Å²) >= 11 is 0. The van der Waals surface area contributed by atoms with Crippen molar-refractivity contribution in [1.82, 2.24) is 9.29 Å². The van der Waals surface area contributed by atoms with Crippen molar-refractivity contribution < 1.29 is 192 Å². The van der Waals surface area contributed by atoms with Crippen molar-refractivity contribution in [3.8, 4) is 0 Å². The normalized spacial score (nSPS) is 46.3. The lowest BCUT2D eigenvalue weighted by Gasteiger charge is -2.50. The molecule has 23 N–H and O–H groups in total. The summed E-state index contributed by atoms with van der Waals surface area (Å²) < 4.78 is 105. The van der Waals surface area contributed by atoms with Crippen LogP contribution >= 0.6 is 0 Å². The van der Waals surface area contributed by atoms with E-state index in [-0.39, 0.29) is 22.0 Å². The lowest BCUT2D eigenvalue weighted by atomic mass is 9.95. The van der Waals surface area contributed by atoms with E-state index in [1.807, 2.05) is 0 Å². The van der Waals surface area contributed by atoms with Gasteiger partial charge in [-0.2, -0.15) is 0 Å². The minimum absolute atomic E-state index is 0.0469. The first-order chi connectivity index (χ1) is 47.6. The van der Waals surface area contributed by atoms with Gasteiger partial charge in [-0.15, -0.1) is 0 Å². The summed E-state index contributed by atoms with van der Waals surface area (Å²) in [5.41, 5.74) is -0.258. The van der Waals surface area contributed by atoms with Gasteiger partial charge in [-0.3, -0.25) is 9.10 Å². The summed E-state index contributed by atoms with van der Waals surface area (Å²) in [5.74, 6) is -0.907. The van der Waals surface area contributed by atoms with Gasteiger partial charge in [0.1, 0.15) is 177 Å². The number of nitrogens with one attached hydrogen (secondary N) is 1. The van der Waals surface area contributed by atoms with Crippen LogP contribution in [0, 0.1) is 0 Å². The lowest BCUT2D eigenvalue weighted by molar-refractivity contribution is -0.396. The van der Waals surface area contributed by atoms with Crippen molar-refractivity contribution in [3.63, 3.8) is 0 Å². The summed E-state index contributed by atoms with van der Waals surface area (Å²) in [6.45, 7) is -7.33. The number of aromatic nitrogens is 1. The Balaban J connectivity index is 0.000000394. The minimum Gasteiger partial charge on any atom is -0.505 e. The van der Waals surface area contributed by atoms with Gasteiger partial charge in [-0.1, -0.05) is 18.2 Å². The Kier molecular flexibility index (Phi) is 25.9. The number of nitrogens with zero attached hydrogens (tertiary/aromatic N) is 2. The molecular weight excluding hydrogens is 1380 g/mol. The number of likely N-dealkylation sites (N-methyl/N-ethyl adjacent to an activating group) is 1. The summed E-state index contributed by atoms with van der Waals surface area (Å²) in [5, 5.41) is 243. The van der Waals surface area contributed by atoms with Crippen LogP contribution in [-0.2, 0) is 81.1 Å². The molecule has 566 valence electrons. The minimum atomic E-state index is -3.91. The standard InChI is InChI=1S/C42H70O35.C15H13N3O4S/c43-1-8-29-15(50)22(57)36(64-8)72-30-9(2-44)66-38(24(59)17(30)52)74-32-11(4-46)68-40(26(61)19(32)54)76-34-13(6-48)70-42(28(63)21(34)56)77-35-14(7-49)69-41(27(62)20(35)55)75-33-12(5-47)67-39(25(60)18(33)53)73-31-10(3-45)65-37(71-29)23(58)16(31)51;1-18-13(15(20)17-12-8-4-5-9-16-12)14(19)10-6-2-3-7-11(10)23(18,21)22/h8-63H,1-7H2;2-9,19H,1H3,(H,16,17,20)/t8-,9-,10-,11-,12-,13-,14-,15-,16-,17-,18-,19-,20-,21?,22-,23-,24-,25-,26-,27-,28-,29-,30-,31-,32-,33-,34-,35-,36-,37-,38-,39-,40-,41-,42-;/m1./s1. The Morgan fingerprint density at radius 1 is 0.380 bits per heavy atom. The second kappa shape index (κ2) is 33.0. The Hall–Kier alpha value is -4.27. The van der Waals surface area contributed by atoms with Crippen LogP contribution in [0.4, 0.5) is 5.82 Å². The maximum atomic E-state index is 12.5. The molecule has 1 aromatic heterocycles. The molecule has 24 rings (SSSR count). The van der Waals surface area contributed by atoms with Crippen LogP contribution in [-0.4, -0.2) is 404 Å². The van der Waals surface area contributed by atoms with E-state index < -0.39 is 283 Å². The number of sulfonamides is 1. The number of ether oxygens (including phenoxy) is 14. The number of benzene rings is 1. The molecule has 43 heteroatoms. The summed E-state index contributed by atoms with van der Waals surface area (Å²) in [6.07, 6.45) is -68.8. The van der Waals surface area contributed by atoms with Crippen LogP contribution in [0.15, 0.2) is 59.3 Å². The number of pyridine rings is 1. The van der Waals surface area contributed by atoms with E-state index in [0.29, 0.717) is 0 Å². The third kappa shape index (κ3) is 15.4. The van der Waals surface area contributed by atoms with Gasteiger partial charge in [0.15, 0.2) is 55.5 Å². The molecule has 23 heterocycles. The van der Waals surface area contributed by atoms with Gasteiger partial charge >= 0.3 is 0 Å². The van der Waals surface area contributed by atoms with Gasteiger partial charge in [0, 0.05) is 18.8 Å². The van der Waals surface area contributed by atoms with E-state index >= 15 is 0 Å². The van der Waals surface area contributed by atoms with Crippen molar-refractivity contribution >= 4 is 27.5 Å². The summed E-state index contributed by atoms with van der Waals surface area (Å²) in [4.78, 5) is 16.3. The zero-order valence-electron chi connectivity index (χ0n) is 52.4. The summed E-state index contributed by atoms with van der Waals surface area (Å²) in [7, 11) is -2.69. The van der Waals surface area contributed by atoms with Crippen LogP contribution in [0.3, 0.4) is 0 Å². The fourth-order valence-electron chi connectivity index (χ4n) is 12.7. The fourth-order valence-corrected chi connectivity index (χ4v) is 14.1. The molecule has 21 fully saturated rings. The number of hydrogen-bond acceptors (Lipinski definition) is 40. The predicted octanol–water partition coefficient (Wildman–Crippen LogP) is -13.6. The first kappa shape index (κ1) is 78.3. The largest absolute Gasteiger partial charge is 0.505 e. The maximum Gasteiger partial charge on any atom is 0.277 e. The van der Waals surface area contributed by atoms with Gasteiger partial charge < -0.3 is 184 Å². The molecule has 1 aromatic carbocycles. The summed E-state index contributed by atoms with van der Waals surface area (Å²) in [6, 6.07) is 10.9. The topological polar surface area (TPSA) is 654 Å². The third-order valence-corrected chi connectivity index (χ3v) is 20.0. The van der Waals surface area contributed by atoms with E-state index in [1.54, 1.807) is 30.3 Å². The molecule has 1 amide bonds. The second-order valence-corrected chi connectivity index (χ2v) is 26.4. The van der Waals surface area contributed by atoms with Crippen molar-refractivity contribution in [2.45, 2.75) is 220 Å². The predicted molar refractivity (Wildman–Crippen MR) is 312 cm³/mol. The molecule has 22 aliphatic rings. The van der Waals surface area contributed by atoms with Gasteiger partial charge in [0.25, 0.3) is 15.9 Å². The number of amides is 1. The molecule has 1 unspecified atom stereocenters. The number of hydrogen-bond donors (Lipinski definition) is 23. The molecule has 35 atom stereocenters. The van der Waals surface area contributed by atoms with E-state index in [2.05, 4.69) is 10.3 Å². The van der Waals surface area contributed by atoms with E-state index in [9.17, 15) is 126 Å². The van der Waals surface area contributed by atoms with Crippen molar-refractivity contribution in [1.29, 1.82) is 0 Å². The van der Waals surface area contributed by atoms with E-state index in [4.69, 9.17) is 66.3 Å². The molecule has 0 spiro atoms. The van der Waals surface area contributed by atoms with Crippen LogP contribution in [0.1, 0.15) is 5.56 Å². The average molecular weight is 1470 g/mol. The second-order valence-electron chi connectivity index (χ2n) is 24.5. The van der Waals surface area contributed by atoms with Crippen LogP contribution in [0.25, 0.3) is 5.76 Å². The molecule has 22 aliphatic heterocycles. The van der Waals surface area contributed by atoms with Crippen LogP contribution in [0.2, 0.25) is 0 Å². The smallest absolute Gasteiger partial charge is 0.277 e. The number of carbonyl (C=O) groups is 1. The van der Waals surface area contributed by atoms with Crippen molar-refractivity contribution in [2.24, 2.45) is 0 Å². The van der Waals surface area contributed by atoms with Gasteiger partial charge in [0.05, 0.1) is 51.1 Å². The first-order valence-electron chi connectivity index (χ1n) is 31.3. The molecular formula is C57H83N3O39S. The third-order valence-electron chi connectivity index (χ3n) is 18.2. The highest BCUT2D eigenvalue weighted by molar-refractivity contribution is 7.89. The number of rotatable bonds is 9. The zero-order valence-corrected chi connectivity index (χ0v) is 53.2. The van der Waals surface area contributed by atoms with Crippen molar-refractivity contribution in [3.05, 3.63) is 59.9 Å². The molecule has 21 saturated heterocycles. The van der Waals surface area contributed by atoms with Gasteiger partial charge in [-0.25, -0.2) is 13.4 Å². The molecule has 2 aromatic rings. The molecule has 14 bridgehead atoms. The quantitative estimate of drug-likeness (QED) is 0.111. The van der Waals surface area contributed by atoms with E-state index in [1.165, 1.54) is 25.4 Å². The zero-order chi connectivity index (χ0) is 72.7. The number of anilines is 1. The molecule has 0 saturated carbocycles. The van der Waals surface area contributed by atoms with Gasteiger partial charge in [0.2, 0.25) is 0 Å². The molecule has 100 heavy (non-hydrogen) atoms. The molecule has 42 nitrogen and oxygen atoms in total. The maximum absolute atomic E-state index is 12.5. The Bertz CT molecular complexity index is 2770. The van der Waals surface area contributed by atoms with Gasteiger partial charge in [-0.05, 0) is 24.3 Å². The fraction of sp³-hybridized carbons (Fsp3) is 0.754. The van der Waals surface area contributed by atoms with Crippen molar-refractivity contribution in [2.75, 3.05) is 58.6 Å². The SMILES string of the molecule is CN1C(C(=O)Nc2ccccn2)=C(O)c2ccccc2S1(=O)=O.OC[C@H]1O[C@@H]2O[C@H]3C(O)[C@@H](O)[C@@H](O[C@H]4[C@H](O)[C@@H](O)[C@@H](O[C@H]5[C@H](O)[C@@H](O)[C@@H](O[C@H]6[C@H](O)[C@@H](O)[C@@H](O[C@H]7[C@H](O)[C@@H](O)[C@@H](O[C@H]8[C@H](O)[C@@H](O)[C@@H](O[C@H]1[C@H](O)[C@H]2O)O[C@@H]8CO)O[C@@H]7CO)O[C@@H]6CO)O[C@@H]5CO)O[C@@H]4CO)O[C@@H]3CO. The van der Waals surface area contributed by atoms with Crippen LogP contribution < -0.4 is 5.32 Å². The Labute approximate surface area is 565 Å². The highest BCUT2D eigenvalue weighted by Crippen LogP contribution is 2.40. The molecule has 0 aliphatic carbocycles. The number of carbonyl (C=O) groups excluding carboxylic acids is 1. The number of aliphatic hydroxyl groups excluding tert-OH is 22. The average Bonchev–Trinajstić information content (AvgIpc) is 0.745. The highest BCUT2D eigenvalue weighted by Gasteiger charge is 2.60. The van der Waals surface area contributed by atoms with E-state index in [0.717, 1.165) is 4.31 Å². The first-order valence-corrected chi connectivity index (χ1v) is 32.7. The highest BCUT2D eigenvalue weighted by atomic mass is 32.2.